The smallest absolute Gasteiger partial charge is 0.306 e. The molecule has 74 heavy (non-hydrogen) atoms. The second-order valence-corrected chi connectivity index (χ2v) is 20.9. The summed E-state index contributed by atoms with van der Waals surface area (Å²) >= 11 is 0. The predicted octanol–water partition coefficient (Wildman–Crippen LogP) is 21.5. The van der Waals surface area contributed by atoms with Gasteiger partial charge in [0.05, 0.1) is 0 Å². The lowest BCUT2D eigenvalue weighted by Gasteiger charge is -2.18. The van der Waals surface area contributed by atoms with Crippen LogP contribution < -0.4 is 0 Å². The lowest BCUT2D eigenvalue weighted by atomic mass is 10.0. The van der Waals surface area contributed by atoms with Crippen LogP contribution in [0.2, 0.25) is 0 Å². The molecule has 0 bridgehead atoms. The van der Waals surface area contributed by atoms with Crippen molar-refractivity contribution in [1.82, 2.24) is 0 Å². The van der Waals surface area contributed by atoms with Crippen LogP contribution in [0, 0.1) is 0 Å². The van der Waals surface area contributed by atoms with Crippen molar-refractivity contribution in [1.29, 1.82) is 0 Å². The molecule has 0 aromatic rings. The highest BCUT2D eigenvalue weighted by Crippen LogP contribution is 2.16. The fourth-order valence-corrected chi connectivity index (χ4v) is 8.91. The normalized spacial score (nSPS) is 12.6. The van der Waals surface area contributed by atoms with Gasteiger partial charge in [-0.2, -0.15) is 0 Å². The van der Waals surface area contributed by atoms with Crippen LogP contribution in [0.3, 0.4) is 0 Å². The van der Waals surface area contributed by atoms with E-state index in [1.54, 1.807) is 0 Å². The molecule has 0 N–H and O–H groups in total. The molecule has 0 aliphatic heterocycles. The molecule has 0 rings (SSSR count). The Kier molecular flexibility index (Phi) is 59.3. The first-order valence-electron chi connectivity index (χ1n) is 31.6. The average Bonchev–Trinajstić information content (AvgIpc) is 3.40. The second-order valence-electron chi connectivity index (χ2n) is 20.9. The Balaban J connectivity index is 4.28. The van der Waals surface area contributed by atoms with Crippen LogP contribution in [-0.2, 0) is 28.6 Å². The largest absolute Gasteiger partial charge is 0.462 e. The summed E-state index contributed by atoms with van der Waals surface area (Å²) in [5, 5.41) is 0. The summed E-state index contributed by atoms with van der Waals surface area (Å²) in [5.41, 5.74) is 0. The van der Waals surface area contributed by atoms with Crippen molar-refractivity contribution in [2.45, 2.75) is 316 Å². The van der Waals surface area contributed by atoms with Crippen LogP contribution in [0.25, 0.3) is 0 Å². The Morgan fingerprint density at radius 3 is 0.824 bits per heavy atom. The number of hydrogen-bond acceptors (Lipinski definition) is 6. The number of rotatable bonds is 57. The van der Waals surface area contributed by atoms with Gasteiger partial charge in [-0.15, -0.1) is 0 Å². The first-order valence-corrected chi connectivity index (χ1v) is 31.6. The van der Waals surface area contributed by atoms with Crippen LogP contribution in [0.1, 0.15) is 310 Å². The van der Waals surface area contributed by atoms with E-state index in [2.05, 4.69) is 106 Å². The maximum Gasteiger partial charge on any atom is 0.306 e. The summed E-state index contributed by atoms with van der Waals surface area (Å²) in [5.74, 6) is -0.900. The van der Waals surface area contributed by atoms with E-state index in [0.717, 1.165) is 109 Å². The van der Waals surface area contributed by atoms with Crippen LogP contribution >= 0.6 is 0 Å². The molecule has 0 aliphatic rings. The molecule has 0 heterocycles. The van der Waals surface area contributed by atoms with Gasteiger partial charge in [-0.25, -0.2) is 0 Å². The summed E-state index contributed by atoms with van der Waals surface area (Å²) in [6.45, 7) is 6.52. The van der Waals surface area contributed by atoms with Crippen LogP contribution in [0.4, 0.5) is 0 Å². The SMILES string of the molecule is CC/C=C\C/C=C\C/C=C\C/C=C\CCCCCCC(=O)OC(COC(=O)CCCCCCCCCCCCCC)COC(=O)CCCCCCCCCCCCCC/C=C\C/C=C\C/C=C\CCCCCCC. The summed E-state index contributed by atoms with van der Waals surface area (Å²) in [6, 6.07) is 0. The Morgan fingerprint density at radius 1 is 0.284 bits per heavy atom. The zero-order chi connectivity index (χ0) is 53.6. The van der Waals surface area contributed by atoms with Gasteiger partial charge in [0.15, 0.2) is 6.10 Å². The molecule has 0 radical (unpaired) electrons. The van der Waals surface area contributed by atoms with Gasteiger partial charge < -0.3 is 14.2 Å². The summed E-state index contributed by atoms with van der Waals surface area (Å²) in [4.78, 5) is 38.2. The summed E-state index contributed by atoms with van der Waals surface area (Å²) in [7, 11) is 0. The lowest BCUT2D eigenvalue weighted by Crippen LogP contribution is -2.30. The Morgan fingerprint density at radius 2 is 0.527 bits per heavy atom. The maximum absolute atomic E-state index is 12.9. The molecule has 1 unspecified atom stereocenters. The molecule has 0 fully saturated rings. The molecule has 0 saturated heterocycles. The summed E-state index contributed by atoms with van der Waals surface area (Å²) in [6.07, 6.45) is 81.6. The van der Waals surface area contributed by atoms with E-state index in [4.69, 9.17) is 14.2 Å². The van der Waals surface area contributed by atoms with Gasteiger partial charge in [-0.3, -0.25) is 14.4 Å². The van der Waals surface area contributed by atoms with Crippen LogP contribution in [-0.4, -0.2) is 37.2 Å². The highest BCUT2D eigenvalue weighted by Gasteiger charge is 2.19. The van der Waals surface area contributed by atoms with E-state index in [1.807, 2.05) is 0 Å². The molecule has 1 atom stereocenters. The topological polar surface area (TPSA) is 78.9 Å². The first kappa shape index (κ1) is 70.6. The van der Waals surface area contributed by atoms with Crippen molar-refractivity contribution in [3.05, 3.63) is 85.1 Å². The van der Waals surface area contributed by atoms with Crippen molar-refractivity contribution in [3.63, 3.8) is 0 Å². The minimum Gasteiger partial charge on any atom is -0.462 e. The van der Waals surface area contributed by atoms with Gasteiger partial charge in [-0.1, -0.05) is 279 Å². The monoisotopic (exact) mass is 1030 g/mol. The fraction of sp³-hybridized carbons (Fsp3) is 0.750. The Hall–Kier alpha value is -3.41. The average molecular weight is 1030 g/mol. The van der Waals surface area contributed by atoms with Gasteiger partial charge in [0.25, 0.3) is 0 Å². The molecule has 6 nitrogen and oxygen atoms in total. The number of ether oxygens (including phenoxy) is 3. The zero-order valence-corrected chi connectivity index (χ0v) is 48.8. The zero-order valence-electron chi connectivity index (χ0n) is 48.8. The van der Waals surface area contributed by atoms with Crippen molar-refractivity contribution >= 4 is 17.9 Å². The molecule has 0 aromatic carbocycles. The van der Waals surface area contributed by atoms with E-state index >= 15 is 0 Å². The van der Waals surface area contributed by atoms with E-state index in [9.17, 15) is 14.4 Å². The molecule has 6 heteroatoms. The first-order chi connectivity index (χ1) is 36.5. The predicted molar refractivity (Wildman–Crippen MR) is 321 cm³/mol. The second kappa shape index (κ2) is 62.1. The third-order valence-electron chi connectivity index (χ3n) is 13.6. The van der Waals surface area contributed by atoms with Gasteiger partial charge >= 0.3 is 17.9 Å². The quantitative estimate of drug-likeness (QED) is 0.0261. The molecule has 0 aliphatic carbocycles. The molecule has 0 saturated carbocycles. The standard InChI is InChI=1S/C68H118O6/c1-4-7-10-13-16-19-22-25-27-29-30-31-32-33-34-35-36-37-38-40-41-43-46-49-52-55-58-61-67(70)73-64-65(63-72-66(69)60-57-54-51-48-45-24-21-18-15-12-9-6-3)74-68(71)62-59-56-53-50-47-44-42-39-28-26-23-20-17-14-11-8-5-2/h8,11,17,20,22,25-26,28-30,32-33,42,44,65H,4-7,9-10,12-16,18-19,21,23-24,27,31,34-41,43,45-64H2,1-3H3/b11-8-,20-17-,25-22-,28-26-,30-29-,33-32-,44-42-. The van der Waals surface area contributed by atoms with Crippen molar-refractivity contribution in [3.8, 4) is 0 Å². The molecular formula is C68H118O6. The molecule has 0 spiro atoms. The third kappa shape index (κ3) is 59.5. The van der Waals surface area contributed by atoms with Gasteiger partial charge in [0.2, 0.25) is 0 Å². The van der Waals surface area contributed by atoms with E-state index in [0.29, 0.717) is 19.3 Å². The lowest BCUT2D eigenvalue weighted by molar-refractivity contribution is -0.167. The third-order valence-corrected chi connectivity index (χ3v) is 13.6. The highest BCUT2D eigenvalue weighted by molar-refractivity contribution is 5.71. The van der Waals surface area contributed by atoms with Crippen molar-refractivity contribution in [2.24, 2.45) is 0 Å². The molecular weight excluding hydrogens is 913 g/mol. The van der Waals surface area contributed by atoms with Crippen LogP contribution in [0.5, 0.6) is 0 Å². The van der Waals surface area contributed by atoms with Gasteiger partial charge in [0.1, 0.15) is 13.2 Å². The Bertz CT molecular complexity index is 1420. The molecule has 0 amide bonds. The van der Waals surface area contributed by atoms with Crippen molar-refractivity contribution < 1.29 is 28.6 Å². The number of carbonyl (C=O) groups is 3. The maximum atomic E-state index is 12.9. The summed E-state index contributed by atoms with van der Waals surface area (Å²) < 4.78 is 16.9. The fourth-order valence-electron chi connectivity index (χ4n) is 8.91. The molecule has 426 valence electrons. The molecule has 0 aromatic heterocycles. The van der Waals surface area contributed by atoms with Gasteiger partial charge in [-0.05, 0) is 96.3 Å². The van der Waals surface area contributed by atoms with Gasteiger partial charge in [0, 0.05) is 19.3 Å². The van der Waals surface area contributed by atoms with E-state index < -0.39 is 6.10 Å². The number of hydrogen-bond donors (Lipinski definition) is 0. The number of carbonyl (C=O) groups excluding carboxylic acids is 3. The number of unbranched alkanes of at least 4 members (excludes halogenated alkanes) is 32. The Labute approximate surface area is 458 Å². The van der Waals surface area contributed by atoms with E-state index in [1.165, 1.54) is 161 Å². The minimum absolute atomic E-state index is 0.0845. The van der Waals surface area contributed by atoms with E-state index in [-0.39, 0.29) is 31.1 Å². The number of esters is 3. The minimum atomic E-state index is -0.789. The number of allylic oxidation sites excluding steroid dienone is 14. The van der Waals surface area contributed by atoms with Crippen molar-refractivity contribution in [2.75, 3.05) is 13.2 Å². The van der Waals surface area contributed by atoms with Crippen LogP contribution in [0.15, 0.2) is 85.1 Å². The highest BCUT2D eigenvalue weighted by atomic mass is 16.6.